The highest BCUT2D eigenvalue weighted by molar-refractivity contribution is 7.13. The van der Waals surface area contributed by atoms with Crippen molar-refractivity contribution in [2.75, 3.05) is 5.32 Å². The van der Waals surface area contributed by atoms with Crippen molar-refractivity contribution in [1.82, 2.24) is 20.3 Å². The fourth-order valence-electron chi connectivity index (χ4n) is 3.34. The SMILES string of the molecule is Cc1csc(-c2cnc3[nH]ccc3c2N[C@H]2C[C@@H](NC(=O)OC(C)(C)C)C2)n1. The first-order valence-corrected chi connectivity index (χ1v) is 10.3. The molecule has 1 fully saturated rings. The topological polar surface area (TPSA) is 91.9 Å². The molecular weight excluding hydrogens is 374 g/mol. The average Bonchev–Trinajstić information content (AvgIpc) is 3.19. The van der Waals surface area contributed by atoms with Gasteiger partial charge in [0.25, 0.3) is 0 Å². The van der Waals surface area contributed by atoms with E-state index in [1.54, 1.807) is 11.3 Å². The van der Waals surface area contributed by atoms with E-state index in [0.717, 1.165) is 45.8 Å². The summed E-state index contributed by atoms with van der Waals surface area (Å²) in [5.74, 6) is 0. The predicted octanol–water partition coefficient (Wildman–Crippen LogP) is 4.46. The molecule has 0 atom stereocenters. The van der Waals surface area contributed by atoms with Crippen LogP contribution in [0.15, 0.2) is 23.8 Å². The maximum Gasteiger partial charge on any atom is 0.407 e. The second-order valence-electron chi connectivity index (χ2n) is 8.24. The van der Waals surface area contributed by atoms with Gasteiger partial charge in [-0.1, -0.05) is 0 Å². The van der Waals surface area contributed by atoms with Crippen molar-refractivity contribution in [1.29, 1.82) is 0 Å². The van der Waals surface area contributed by atoms with Gasteiger partial charge in [0.1, 0.15) is 16.3 Å². The van der Waals surface area contributed by atoms with Crippen LogP contribution in [-0.2, 0) is 4.74 Å². The molecule has 0 unspecified atom stereocenters. The number of nitrogens with zero attached hydrogens (tertiary/aromatic N) is 2. The number of pyridine rings is 1. The summed E-state index contributed by atoms with van der Waals surface area (Å²) in [6, 6.07) is 2.44. The van der Waals surface area contributed by atoms with Crippen LogP contribution in [0.2, 0.25) is 0 Å². The van der Waals surface area contributed by atoms with Crippen molar-refractivity contribution < 1.29 is 9.53 Å². The van der Waals surface area contributed by atoms with Gasteiger partial charge in [0, 0.05) is 40.9 Å². The number of rotatable bonds is 4. The third-order valence-electron chi connectivity index (χ3n) is 4.64. The molecule has 0 aromatic carbocycles. The lowest BCUT2D eigenvalue weighted by molar-refractivity contribution is 0.0475. The third kappa shape index (κ3) is 3.96. The molecule has 0 saturated heterocycles. The quantitative estimate of drug-likeness (QED) is 0.602. The summed E-state index contributed by atoms with van der Waals surface area (Å²) < 4.78 is 5.33. The Morgan fingerprint density at radius 2 is 2.11 bits per heavy atom. The zero-order valence-electron chi connectivity index (χ0n) is 16.5. The number of aromatic nitrogens is 3. The minimum atomic E-state index is -0.483. The first kappa shape index (κ1) is 18.7. The van der Waals surface area contributed by atoms with Crippen LogP contribution in [0.1, 0.15) is 39.3 Å². The number of aromatic amines is 1. The Bertz CT molecular complexity index is 998. The Balaban J connectivity index is 1.47. The van der Waals surface area contributed by atoms with E-state index in [4.69, 9.17) is 4.74 Å². The number of anilines is 1. The van der Waals surface area contributed by atoms with E-state index in [9.17, 15) is 4.79 Å². The summed E-state index contributed by atoms with van der Waals surface area (Å²) in [6.45, 7) is 7.59. The van der Waals surface area contributed by atoms with E-state index in [2.05, 4.69) is 25.6 Å². The van der Waals surface area contributed by atoms with Crippen molar-refractivity contribution in [3.63, 3.8) is 0 Å². The normalized spacial score (nSPS) is 19.3. The van der Waals surface area contributed by atoms with E-state index >= 15 is 0 Å². The monoisotopic (exact) mass is 399 g/mol. The maximum atomic E-state index is 11.9. The molecule has 3 N–H and O–H groups in total. The van der Waals surface area contributed by atoms with Gasteiger partial charge >= 0.3 is 6.09 Å². The summed E-state index contributed by atoms with van der Waals surface area (Å²) in [7, 11) is 0. The number of aryl methyl sites for hydroxylation is 1. The van der Waals surface area contributed by atoms with E-state index in [1.807, 2.05) is 51.5 Å². The van der Waals surface area contributed by atoms with E-state index in [-0.39, 0.29) is 18.2 Å². The minimum absolute atomic E-state index is 0.126. The number of H-pyrrole nitrogens is 1. The number of amides is 1. The Hall–Kier alpha value is -2.61. The molecule has 1 amide bonds. The van der Waals surface area contributed by atoms with Gasteiger partial charge in [-0.2, -0.15) is 0 Å². The minimum Gasteiger partial charge on any atom is -0.444 e. The number of nitrogens with one attached hydrogen (secondary N) is 3. The summed E-state index contributed by atoms with van der Waals surface area (Å²) in [4.78, 5) is 24.3. The Kier molecular flexibility index (Phi) is 4.74. The lowest BCUT2D eigenvalue weighted by atomic mass is 9.86. The Labute approximate surface area is 167 Å². The zero-order chi connectivity index (χ0) is 19.9. The van der Waals surface area contributed by atoms with Crippen molar-refractivity contribution in [3.8, 4) is 10.6 Å². The van der Waals surface area contributed by atoms with Crippen molar-refractivity contribution >= 4 is 34.2 Å². The first-order valence-electron chi connectivity index (χ1n) is 9.43. The van der Waals surface area contributed by atoms with Gasteiger partial charge in [-0.15, -0.1) is 11.3 Å². The van der Waals surface area contributed by atoms with Crippen LogP contribution in [-0.4, -0.2) is 38.7 Å². The number of hydrogen-bond donors (Lipinski definition) is 3. The molecule has 0 radical (unpaired) electrons. The van der Waals surface area contributed by atoms with Gasteiger partial charge < -0.3 is 20.4 Å². The van der Waals surface area contributed by atoms with Crippen LogP contribution >= 0.6 is 11.3 Å². The molecule has 148 valence electrons. The highest BCUT2D eigenvalue weighted by Gasteiger charge is 2.32. The van der Waals surface area contributed by atoms with Crippen molar-refractivity contribution in [3.05, 3.63) is 29.5 Å². The molecule has 3 heterocycles. The predicted molar refractivity (Wildman–Crippen MR) is 112 cm³/mol. The molecule has 1 aliphatic rings. The smallest absolute Gasteiger partial charge is 0.407 e. The first-order chi connectivity index (χ1) is 13.3. The number of fused-ring (bicyclic) bond motifs is 1. The van der Waals surface area contributed by atoms with Gasteiger partial charge in [-0.3, -0.25) is 0 Å². The molecule has 7 nitrogen and oxygen atoms in total. The van der Waals surface area contributed by atoms with E-state index in [1.165, 1.54) is 0 Å². The maximum absolute atomic E-state index is 11.9. The third-order valence-corrected chi connectivity index (χ3v) is 5.64. The standard InChI is InChI=1S/C20H25N5O2S/c1-11-10-28-18(23-11)15-9-22-17-14(5-6-21-17)16(15)24-12-7-13(8-12)25-19(26)27-20(2,3)4/h5-6,9-10,12-13H,7-8H2,1-4H3,(H,25,26)(H2,21,22,24)/t12-,13+. The van der Waals surface area contributed by atoms with Crippen LogP contribution < -0.4 is 10.6 Å². The molecule has 28 heavy (non-hydrogen) atoms. The summed E-state index contributed by atoms with van der Waals surface area (Å²) in [5, 5.41) is 10.6. The molecule has 1 aliphatic carbocycles. The molecule has 3 aromatic rings. The second-order valence-corrected chi connectivity index (χ2v) is 9.09. The van der Waals surface area contributed by atoms with Gasteiger partial charge in [0.2, 0.25) is 0 Å². The number of alkyl carbamates (subject to hydrolysis) is 1. The highest BCUT2D eigenvalue weighted by Crippen LogP contribution is 2.37. The number of thiazole rings is 1. The molecule has 3 aromatic heterocycles. The molecule has 1 saturated carbocycles. The Morgan fingerprint density at radius 3 is 2.79 bits per heavy atom. The molecule has 0 spiro atoms. The number of carbonyl (C=O) groups excluding carboxylic acids is 1. The average molecular weight is 400 g/mol. The van der Waals surface area contributed by atoms with Crippen LogP contribution in [0.4, 0.5) is 10.5 Å². The molecule has 0 aliphatic heterocycles. The highest BCUT2D eigenvalue weighted by atomic mass is 32.1. The fourth-order valence-corrected chi connectivity index (χ4v) is 4.15. The van der Waals surface area contributed by atoms with Gasteiger partial charge in [0.15, 0.2) is 0 Å². The van der Waals surface area contributed by atoms with Crippen molar-refractivity contribution in [2.45, 2.75) is 58.2 Å². The molecule has 0 bridgehead atoms. The summed E-state index contributed by atoms with van der Waals surface area (Å²) >= 11 is 1.62. The molecule has 8 heteroatoms. The van der Waals surface area contributed by atoms with Crippen LogP contribution in [0.5, 0.6) is 0 Å². The van der Waals surface area contributed by atoms with Gasteiger partial charge in [-0.05, 0) is 46.6 Å². The lowest BCUT2D eigenvalue weighted by Crippen LogP contribution is -2.50. The molecule has 4 rings (SSSR count). The Morgan fingerprint density at radius 1 is 1.32 bits per heavy atom. The summed E-state index contributed by atoms with van der Waals surface area (Å²) in [5.41, 5.74) is 3.42. The van der Waals surface area contributed by atoms with Crippen LogP contribution in [0.3, 0.4) is 0 Å². The number of carbonyl (C=O) groups is 1. The fraction of sp³-hybridized carbons (Fsp3) is 0.450. The van der Waals surface area contributed by atoms with E-state index < -0.39 is 5.60 Å². The van der Waals surface area contributed by atoms with E-state index in [0.29, 0.717) is 0 Å². The van der Waals surface area contributed by atoms with Crippen LogP contribution in [0.25, 0.3) is 21.6 Å². The van der Waals surface area contributed by atoms with Gasteiger partial charge in [-0.25, -0.2) is 14.8 Å². The lowest BCUT2D eigenvalue weighted by Gasteiger charge is -2.37. The van der Waals surface area contributed by atoms with Crippen molar-refractivity contribution in [2.24, 2.45) is 0 Å². The summed E-state index contributed by atoms with van der Waals surface area (Å²) in [6.07, 6.45) is 5.11. The van der Waals surface area contributed by atoms with Gasteiger partial charge in [0.05, 0.1) is 11.3 Å². The van der Waals surface area contributed by atoms with Crippen LogP contribution in [0, 0.1) is 6.92 Å². The molecular formula is C20H25N5O2S. The zero-order valence-corrected chi connectivity index (χ0v) is 17.3. The number of ether oxygens (including phenoxy) is 1. The second kappa shape index (κ2) is 7.09. The number of hydrogen-bond acceptors (Lipinski definition) is 6. The largest absolute Gasteiger partial charge is 0.444 e.